The first-order chi connectivity index (χ1) is 9.29. The third kappa shape index (κ3) is 5.92. The Morgan fingerprint density at radius 3 is 2.05 bits per heavy atom. The van der Waals surface area contributed by atoms with Gasteiger partial charge in [-0.1, -0.05) is 34.6 Å². The molecule has 0 atom stereocenters. The molecule has 19 heavy (non-hydrogen) atoms. The molecule has 1 aromatic rings. The normalized spacial score (nSPS) is 14.9. The Morgan fingerprint density at radius 1 is 1.05 bits per heavy atom. The van der Waals surface area contributed by atoms with Crippen molar-refractivity contribution in [2.45, 2.75) is 34.6 Å². The number of pyridine rings is 1. The minimum absolute atomic E-state index is 0.728. The van der Waals surface area contributed by atoms with Crippen molar-refractivity contribution < 1.29 is 0 Å². The Kier molecular flexibility index (Phi) is 9.90. The number of anilines is 2. The molecule has 110 valence electrons. The van der Waals surface area contributed by atoms with Crippen LogP contribution in [0.5, 0.6) is 0 Å². The molecule has 1 aromatic heterocycles. The number of nitrogens with two attached hydrogens (primary N) is 1. The highest BCUT2D eigenvalue weighted by atomic mass is 15.3. The van der Waals surface area contributed by atoms with Crippen molar-refractivity contribution in [1.29, 1.82) is 0 Å². The zero-order valence-corrected chi connectivity index (χ0v) is 13.2. The molecule has 4 heteroatoms. The van der Waals surface area contributed by atoms with Gasteiger partial charge in [0, 0.05) is 26.2 Å². The van der Waals surface area contributed by atoms with Crippen LogP contribution in [0.1, 0.15) is 34.6 Å². The third-order valence-electron chi connectivity index (χ3n) is 2.91. The van der Waals surface area contributed by atoms with E-state index < -0.39 is 0 Å². The summed E-state index contributed by atoms with van der Waals surface area (Å²) in [6.45, 7) is 15.7. The van der Waals surface area contributed by atoms with Crippen LogP contribution in [0.4, 0.5) is 11.5 Å². The summed E-state index contributed by atoms with van der Waals surface area (Å²) < 4.78 is 0. The molecule has 2 rings (SSSR count). The minimum atomic E-state index is 0.728. The SMILES string of the molecule is CC.CC.CCN1CCN(c2ccc(N)cn2)CC1. The van der Waals surface area contributed by atoms with Crippen LogP contribution >= 0.6 is 0 Å². The smallest absolute Gasteiger partial charge is 0.128 e. The number of piperazine rings is 1. The van der Waals surface area contributed by atoms with Crippen LogP contribution in [0.3, 0.4) is 0 Å². The van der Waals surface area contributed by atoms with E-state index in [2.05, 4.69) is 21.7 Å². The third-order valence-corrected chi connectivity index (χ3v) is 2.91. The zero-order chi connectivity index (χ0) is 14.7. The summed E-state index contributed by atoms with van der Waals surface area (Å²) >= 11 is 0. The molecule has 0 aromatic carbocycles. The summed E-state index contributed by atoms with van der Waals surface area (Å²) in [5.74, 6) is 1.04. The molecule has 0 saturated carbocycles. The van der Waals surface area contributed by atoms with Gasteiger partial charge in [0.2, 0.25) is 0 Å². The van der Waals surface area contributed by atoms with Crippen LogP contribution < -0.4 is 10.6 Å². The summed E-state index contributed by atoms with van der Waals surface area (Å²) in [4.78, 5) is 9.10. The maximum atomic E-state index is 5.61. The Morgan fingerprint density at radius 2 is 1.63 bits per heavy atom. The number of nitrogen functional groups attached to an aromatic ring is 1. The van der Waals surface area contributed by atoms with Gasteiger partial charge < -0.3 is 15.5 Å². The molecule has 1 fully saturated rings. The maximum Gasteiger partial charge on any atom is 0.128 e. The average molecular weight is 266 g/mol. The first-order valence-electron chi connectivity index (χ1n) is 7.48. The van der Waals surface area contributed by atoms with Crippen LogP contribution in [0, 0.1) is 0 Å². The highest BCUT2D eigenvalue weighted by Gasteiger charge is 2.16. The number of hydrogen-bond donors (Lipinski definition) is 1. The fraction of sp³-hybridized carbons (Fsp3) is 0.667. The molecule has 1 saturated heterocycles. The standard InChI is InChI=1S/C11H18N4.2C2H6/c1-2-14-5-7-15(8-6-14)11-4-3-10(12)9-13-11;2*1-2/h3-4,9H,2,5-8,12H2,1H3;2*1-2H3. The second-order valence-electron chi connectivity index (χ2n) is 3.87. The lowest BCUT2D eigenvalue weighted by Crippen LogP contribution is -2.46. The van der Waals surface area contributed by atoms with E-state index in [1.54, 1.807) is 6.20 Å². The predicted octanol–water partition coefficient (Wildman–Crippen LogP) is 2.86. The second kappa shape index (κ2) is 10.6. The maximum absolute atomic E-state index is 5.61. The van der Waals surface area contributed by atoms with Gasteiger partial charge in [0.15, 0.2) is 0 Å². The van der Waals surface area contributed by atoms with Crippen molar-refractivity contribution in [2.75, 3.05) is 43.4 Å². The van der Waals surface area contributed by atoms with E-state index in [9.17, 15) is 0 Å². The first kappa shape index (κ1) is 17.7. The summed E-state index contributed by atoms with van der Waals surface area (Å²) in [5, 5.41) is 0. The van der Waals surface area contributed by atoms with Gasteiger partial charge in [-0.05, 0) is 18.7 Å². The fourth-order valence-electron chi connectivity index (χ4n) is 1.88. The van der Waals surface area contributed by atoms with Gasteiger partial charge in [-0.2, -0.15) is 0 Å². The largest absolute Gasteiger partial charge is 0.397 e. The number of nitrogens with zero attached hydrogens (tertiary/aromatic N) is 3. The summed E-state index contributed by atoms with van der Waals surface area (Å²) in [5.41, 5.74) is 6.34. The van der Waals surface area contributed by atoms with Gasteiger partial charge >= 0.3 is 0 Å². The Labute approximate surface area is 118 Å². The molecular formula is C15H30N4. The van der Waals surface area contributed by atoms with E-state index in [1.807, 2.05) is 39.8 Å². The molecule has 1 aliphatic rings. The number of likely N-dealkylation sites (N-methyl/N-ethyl adjacent to an activating group) is 1. The van der Waals surface area contributed by atoms with Crippen molar-refractivity contribution in [3.05, 3.63) is 18.3 Å². The highest BCUT2D eigenvalue weighted by Crippen LogP contribution is 2.14. The molecule has 0 radical (unpaired) electrons. The molecule has 0 amide bonds. The van der Waals surface area contributed by atoms with Crippen LogP contribution in [0.25, 0.3) is 0 Å². The fourth-order valence-corrected chi connectivity index (χ4v) is 1.88. The highest BCUT2D eigenvalue weighted by molar-refractivity contribution is 5.46. The van der Waals surface area contributed by atoms with Crippen molar-refractivity contribution in [3.8, 4) is 0 Å². The average Bonchev–Trinajstić information content (AvgIpc) is 2.52. The minimum Gasteiger partial charge on any atom is -0.397 e. The zero-order valence-electron chi connectivity index (χ0n) is 13.2. The lowest BCUT2D eigenvalue weighted by Gasteiger charge is -2.34. The van der Waals surface area contributed by atoms with Crippen LogP contribution in [0.15, 0.2) is 18.3 Å². The second-order valence-corrected chi connectivity index (χ2v) is 3.87. The molecule has 4 nitrogen and oxygen atoms in total. The summed E-state index contributed by atoms with van der Waals surface area (Å²) in [6.07, 6.45) is 1.72. The Balaban J connectivity index is 0.000000741. The van der Waals surface area contributed by atoms with Gasteiger partial charge in [0.25, 0.3) is 0 Å². The number of aromatic nitrogens is 1. The predicted molar refractivity (Wildman–Crippen MR) is 85.7 cm³/mol. The molecule has 2 heterocycles. The Bertz CT molecular complexity index is 302. The monoisotopic (exact) mass is 266 g/mol. The lowest BCUT2D eigenvalue weighted by molar-refractivity contribution is 0.270. The van der Waals surface area contributed by atoms with Crippen LogP contribution in [-0.2, 0) is 0 Å². The van der Waals surface area contributed by atoms with Gasteiger partial charge in [-0.3, -0.25) is 0 Å². The van der Waals surface area contributed by atoms with E-state index >= 15 is 0 Å². The summed E-state index contributed by atoms with van der Waals surface area (Å²) in [6, 6.07) is 3.91. The molecule has 0 aliphatic carbocycles. The van der Waals surface area contributed by atoms with E-state index in [-0.39, 0.29) is 0 Å². The molecular weight excluding hydrogens is 236 g/mol. The van der Waals surface area contributed by atoms with Gasteiger partial charge in [-0.15, -0.1) is 0 Å². The van der Waals surface area contributed by atoms with Crippen LogP contribution in [-0.4, -0.2) is 42.6 Å². The number of rotatable bonds is 2. The van der Waals surface area contributed by atoms with Crippen molar-refractivity contribution >= 4 is 11.5 Å². The first-order valence-corrected chi connectivity index (χ1v) is 7.48. The van der Waals surface area contributed by atoms with E-state index in [0.29, 0.717) is 0 Å². The van der Waals surface area contributed by atoms with Crippen molar-refractivity contribution in [1.82, 2.24) is 9.88 Å². The molecule has 0 spiro atoms. The van der Waals surface area contributed by atoms with E-state index in [1.165, 1.54) is 0 Å². The molecule has 1 aliphatic heterocycles. The van der Waals surface area contributed by atoms with Gasteiger partial charge in [0.05, 0.1) is 11.9 Å². The topological polar surface area (TPSA) is 45.4 Å². The van der Waals surface area contributed by atoms with Gasteiger partial charge in [0.1, 0.15) is 5.82 Å². The Hall–Kier alpha value is -1.29. The van der Waals surface area contributed by atoms with Crippen LogP contribution in [0.2, 0.25) is 0 Å². The molecule has 2 N–H and O–H groups in total. The number of hydrogen-bond acceptors (Lipinski definition) is 4. The lowest BCUT2D eigenvalue weighted by atomic mass is 10.3. The molecule has 0 unspecified atom stereocenters. The van der Waals surface area contributed by atoms with Crippen molar-refractivity contribution in [2.24, 2.45) is 0 Å². The van der Waals surface area contributed by atoms with E-state index in [0.717, 1.165) is 44.2 Å². The quantitative estimate of drug-likeness (QED) is 0.894. The van der Waals surface area contributed by atoms with Gasteiger partial charge in [-0.25, -0.2) is 4.98 Å². The van der Waals surface area contributed by atoms with Crippen molar-refractivity contribution in [3.63, 3.8) is 0 Å². The van der Waals surface area contributed by atoms with E-state index in [4.69, 9.17) is 5.73 Å². The molecule has 0 bridgehead atoms. The summed E-state index contributed by atoms with van der Waals surface area (Å²) in [7, 11) is 0.